The van der Waals surface area contributed by atoms with Crippen LogP contribution in [-0.2, 0) is 14.3 Å². The van der Waals surface area contributed by atoms with Gasteiger partial charge in [0.1, 0.15) is 6.04 Å². The lowest BCUT2D eigenvalue weighted by molar-refractivity contribution is -0.150. The molecule has 3 rings (SSSR count). The van der Waals surface area contributed by atoms with Gasteiger partial charge in [-0.25, -0.2) is 4.79 Å². The summed E-state index contributed by atoms with van der Waals surface area (Å²) in [6.07, 6.45) is 12.0. The van der Waals surface area contributed by atoms with Crippen molar-refractivity contribution < 1.29 is 19.1 Å². The first kappa shape index (κ1) is 18.8. The molecule has 26 heavy (non-hydrogen) atoms. The van der Waals surface area contributed by atoms with Crippen molar-refractivity contribution in [3.05, 3.63) is 28.9 Å². The number of aromatic nitrogens is 1. The van der Waals surface area contributed by atoms with Gasteiger partial charge in [0, 0.05) is 18.4 Å². The van der Waals surface area contributed by atoms with Crippen LogP contribution in [0.1, 0.15) is 57.6 Å². The van der Waals surface area contributed by atoms with Gasteiger partial charge in [0.05, 0.1) is 11.5 Å². The molecule has 140 valence electrons. The maximum atomic E-state index is 12.6. The lowest BCUT2D eigenvalue weighted by atomic mass is 9.95. The fraction of sp³-hybridized carbons (Fsp3) is 0.526. The molecule has 1 aliphatic carbocycles. The first-order chi connectivity index (χ1) is 12.5. The van der Waals surface area contributed by atoms with Crippen LogP contribution in [0.3, 0.4) is 0 Å². The van der Waals surface area contributed by atoms with Crippen LogP contribution >= 0.6 is 11.8 Å². The van der Waals surface area contributed by atoms with Crippen LogP contribution < -0.4 is 0 Å². The molecule has 0 radical (unpaired) electrons. The van der Waals surface area contributed by atoms with E-state index in [0.717, 1.165) is 22.2 Å². The normalized spacial score (nSPS) is 21.5. The number of carbonyl (C=O) groups excluding carboxylic acids is 3. The van der Waals surface area contributed by atoms with Gasteiger partial charge in [0.15, 0.2) is 0 Å². The molecule has 1 unspecified atom stereocenters. The molecule has 1 atom stereocenters. The molecule has 7 heteroatoms. The molecular weight excluding hydrogens is 352 g/mol. The summed E-state index contributed by atoms with van der Waals surface area (Å²) < 4.78 is 7.12. The summed E-state index contributed by atoms with van der Waals surface area (Å²) in [4.78, 5) is 38.0. The first-order valence-corrected chi connectivity index (χ1v) is 9.94. The molecule has 2 amide bonds. The van der Waals surface area contributed by atoms with E-state index in [1.54, 1.807) is 13.0 Å². The Kier molecular flexibility index (Phi) is 5.86. The zero-order chi connectivity index (χ0) is 18.7. The molecule has 0 aromatic carbocycles. The molecule has 0 bridgehead atoms. The summed E-state index contributed by atoms with van der Waals surface area (Å²) in [7, 11) is 0. The van der Waals surface area contributed by atoms with Gasteiger partial charge in [0.25, 0.3) is 11.1 Å². The number of esters is 1. The molecule has 1 aliphatic heterocycles. The van der Waals surface area contributed by atoms with Crippen molar-refractivity contribution >= 4 is 35.0 Å². The summed E-state index contributed by atoms with van der Waals surface area (Å²) >= 11 is 0.867. The van der Waals surface area contributed by atoms with Gasteiger partial charge in [-0.2, -0.15) is 0 Å². The Morgan fingerprint density at radius 1 is 1.35 bits per heavy atom. The van der Waals surface area contributed by atoms with Crippen molar-refractivity contribution in [1.29, 1.82) is 0 Å². The van der Waals surface area contributed by atoms with E-state index in [1.165, 1.54) is 39.0 Å². The van der Waals surface area contributed by atoms with Gasteiger partial charge >= 0.3 is 5.97 Å². The third kappa shape index (κ3) is 3.87. The van der Waals surface area contributed by atoms with Crippen LogP contribution in [0.4, 0.5) is 4.79 Å². The van der Waals surface area contributed by atoms with Gasteiger partial charge in [-0.05, 0) is 56.2 Å². The Morgan fingerprint density at radius 3 is 2.77 bits per heavy atom. The van der Waals surface area contributed by atoms with Gasteiger partial charge in [-0.1, -0.05) is 19.3 Å². The molecule has 2 aliphatic rings. The average molecular weight is 376 g/mol. The highest BCUT2D eigenvalue weighted by Gasteiger charge is 2.41. The highest BCUT2D eigenvalue weighted by molar-refractivity contribution is 8.18. The standard InChI is InChI=1S/C19H24N2O4S/c1-3-25-18(23)13(2)21-17(22)16(26-19(21)24)11-14-9-10-20(12-14)15-7-5-4-6-8-15/h9-13,15H,3-8H2,1-2H3/b16-11-. The SMILES string of the molecule is CCOC(=O)C(C)N1C(=O)S/C(=C\c2ccn(C3CCCCC3)c2)C1=O. The van der Waals surface area contributed by atoms with Crippen LogP contribution in [0, 0.1) is 0 Å². The van der Waals surface area contributed by atoms with Crippen molar-refractivity contribution in [2.75, 3.05) is 6.61 Å². The van der Waals surface area contributed by atoms with Crippen LogP contribution in [0.2, 0.25) is 0 Å². The summed E-state index contributed by atoms with van der Waals surface area (Å²) in [5.74, 6) is -1.01. The smallest absolute Gasteiger partial charge is 0.329 e. The molecular formula is C19H24N2O4S. The van der Waals surface area contributed by atoms with E-state index in [-0.39, 0.29) is 6.61 Å². The van der Waals surface area contributed by atoms with Crippen molar-refractivity contribution in [1.82, 2.24) is 9.47 Å². The number of amides is 2. The third-order valence-electron chi connectivity index (χ3n) is 4.87. The molecule has 2 heterocycles. The van der Waals surface area contributed by atoms with Gasteiger partial charge in [0.2, 0.25) is 0 Å². The Morgan fingerprint density at radius 2 is 2.08 bits per heavy atom. The van der Waals surface area contributed by atoms with Crippen LogP contribution in [0.15, 0.2) is 23.4 Å². The van der Waals surface area contributed by atoms with E-state index < -0.39 is 23.2 Å². The predicted octanol–water partition coefficient (Wildman–Crippen LogP) is 3.98. The minimum absolute atomic E-state index is 0.212. The van der Waals surface area contributed by atoms with Crippen molar-refractivity contribution in [3.63, 3.8) is 0 Å². The van der Waals surface area contributed by atoms with Gasteiger partial charge < -0.3 is 9.30 Å². The number of thioether (sulfide) groups is 1. The minimum Gasteiger partial charge on any atom is -0.464 e. The van der Waals surface area contributed by atoms with Crippen molar-refractivity contribution in [3.8, 4) is 0 Å². The van der Waals surface area contributed by atoms with E-state index in [4.69, 9.17) is 4.74 Å². The third-order valence-corrected chi connectivity index (χ3v) is 5.75. The van der Waals surface area contributed by atoms with E-state index >= 15 is 0 Å². The number of nitrogens with zero attached hydrogens (tertiary/aromatic N) is 2. The maximum absolute atomic E-state index is 12.6. The predicted molar refractivity (Wildman–Crippen MR) is 100 cm³/mol. The minimum atomic E-state index is -0.916. The lowest BCUT2D eigenvalue weighted by Crippen LogP contribution is -2.42. The molecule has 1 saturated heterocycles. The number of carbonyl (C=O) groups is 3. The Bertz CT molecular complexity index is 734. The number of imide groups is 1. The highest BCUT2D eigenvalue weighted by atomic mass is 32.2. The second-order valence-corrected chi connectivity index (χ2v) is 7.66. The molecule has 1 aromatic rings. The topological polar surface area (TPSA) is 68.6 Å². The zero-order valence-electron chi connectivity index (χ0n) is 15.1. The van der Waals surface area contributed by atoms with Crippen molar-refractivity contribution in [2.45, 2.75) is 58.0 Å². The van der Waals surface area contributed by atoms with E-state index in [0.29, 0.717) is 10.9 Å². The number of hydrogen-bond acceptors (Lipinski definition) is 5. The number of rotatable bonds is 5. The van der Waals surface area contributed by atoms with Crippen molar-refractivity contribution in [2.24, 2.45) is 0 Å². The van der Waals surface area contributed by atoms with Crippen LogP contribution in [0.25, 0.3) is 6.08 Å². The summed E-state index contributed by atoms with van der Waals surface area (Å²) in [6, 6.07) is 1.56. The van der Waals surface area contributed by atoms with E-state index in [9.17, 15) is 14.4 Å². The second kappa shape index (κ2) is 8.12. The first-order valence-electron chi connectivity index (χ1n) is 9.12. The molecule has 0 N–H and O–H groups in total. The zero-order valence-corrected chi connectivity index (χ0v) is 16.0. The van der Waals surface area contributed by atoms with Gasteiger partial charge in [-0.15, -0.1) is 0 Å². The summed E-state index contributed by atoms with van der Waals surface area (Å²) in [5.41, 5.74) is 0.893. The lowest BCUT2D eigenvalue weighted by Gasteiger charge is -2.23. The summed E-state index contributed by atoms with van der Waals surface area (Å²) in [6.45, 7) is 3.41. The highest BCUT2D eigenvalue weighted by Crippen LogP contribution is 2.34. The largest absolute Gasteiger partial charge is 0.464 e. The monoisotopic (exact) mass is 376 g/mol. The fourth-order valence-electron chi connectivity index (χ4n) is 3.46. The molecule has 2 fully saturated rings. The van der Waals surface area contributed by atoms with E-state index in [2.05, 4.69) is 4.57 Å². The Labute approximate surface area is 157 Å². The van der Waals surface area contributed by atoms with Crippen LogP contribution in [0.5, 0.6) is 0 Å². The Balaban J connectivity index is 1.73. The molecule has 6 nitrogen and oxygen atoms in total. The maximum Gasteiger partial charge on any atom is 0.329 e. The van der Waals surface area contributed by atoms with E-state index in [1.807, 2.05) is 18.5 Å². The molecule has 0 spiro atoms. The summed E-state index contributed by atoms with van der Waals surface area (Å²) in [5, 5.41) is -0.437. The second-order valence-electron chi connectivity index (χ2n) is 6.66. The average Bonchev–Trinajstić information content (AvgIpc) is 3.20. The fourth-order valence-corrected chi connectivity index (χ4v) is 4.36. The van der Waals surface area contributed by atoms with Gasteiger partial charge in [-0.3, -0.25) is 14.5 Å². The molecule has 1 aromatic heterocycles. The Hall–Kier alpha value is -2.02. The number of hydrogen-bond donors (Lipinski definition) is 0. The van der Waals surface area contributed by atoms with Crippen LogP contribution in [-0.4, -0.2) is 39.2 Å². The quantitative estimate of drug-likeness (QED) is 0.574. The molecule has 1 saturated carbocycles. The number of ether oxygens (including phenoxy) is 1.